The minimum atomic E-state index is -0.977. The minimum absolute atomic E-state index is 0.108. The highest BCUT2D eigenvalue weighted by Crippen LogP contribution is 2.17. The first-order valence-electron chi connectivity index (χ1n) is 7.20. The molecule has 5 heteroatoms. The summed E-state index contributed by atoms with van der Waals surface area (Å²) in [6.45, 7) is 8.37. The van der Waals surface area contributed by atoms with Gasteiger partial charge in [0.1, 0.15) is 5.69 Å². The first kappa shape index (κ1) is 14.9. The van der Waals surface area contributed by atoms with Gasteiger partial charge in [-0.1, -0.05) is 6.07 Å². The molecule has 5 nitrogen and oxygen atoms in total. The van der Waals surface area contributed by atoms with Crippen LogP contribution in [-0.2, 0) is 6.54 Å². The molecule has 20 heavy (non-hydrogen) atoms. The van der Waals surface area contributed by atoms with Crippen LogP contribution < -0.4 is 5.32 Å². The fourth-order valence-corrected chi connectivity index (χ4v) is 2.60. The van der Waals surface area contributed by atoms with E-state index >= 15 is 0 Å². The molecule has 110 valence electrons. The lowest BCUT2D eigenvalue weighted by Crippen LogP contribution is -2.30. The van der Waals surface area contributed by atoms with Gasteiger partial charge in [0.15, 0.2) is 0 Å². The third kappa shape index (κ3) is 4.02. The molecule has 0 spiro atoms. The van der Waals surface area contributed by atoms with Gasteiger partial charge in [-0.25, -0.2) is 9.78 Å². The second-order valence-corrected chi connectivity index (χ2v) is 5.69. The van der Waals surface area contributed by atoms with Crippen LogP contribution in [0.5, 0.6) is 0 Å². The van der Waals surface area contributed by atoms with Crippen LogP contribution in [0, 0.1) is 5.92 Å². The standard InChI is InChI=1S/C15H23N3O2/c1-11(2)18-7-6-12(10-18)8-16-9-13-4-3-5-14(17-13)15(19)20/h3-5,11-12,16H,6-10H2,1-2H3,(H,19,20). The first-order valence-corrected chi connectivity index (χ1v) is 7.20. The molecular formula is C15H23N3O2. The quantitative estimate of drug-likeness (QED) is 0.827. The number of aromatic carboxylic acids is 1. The van der Waals surface area contributed by atoms with Crippen molar-refractivity contribution >= 4 is 5.97 Å². The van der Waals surface area contributed by atoms with Crippen LogP contribution in [0.2, 0.25) is 0 Å². The van der Waals surface area contributed by atoms with Gasteiger partial charge >= 0.3 is 5.97 Å². The highest BCUT2D eigenvalue weighted by molar-refractivity contribution is 5.85. The van der Waals surface area contributed by atoms with Crippen LogP contribution >= 0.6 is 0 Å². The number of nitrogens with one attached hydrogen (secondary N) is 1. The topological polar surface area (TPSA) is 65.5 Å². The molecule has 0 aliphatic carbocycles. The van der Waals surface area contributed by atoms with Crippen molar-refractivity contribution in [2.45, 2.75) is 32.9 Å². The zero-order valence-electron chi connectivity index (χ0n) is 12.2. The molecule has 1 aromatic rings. The Kier molecular flexibility index (Phi) is 5.09. The summed E-state index contributed by atoms with van der Waals surface area (Å²) in [6.07, 6.45) is 1.23. The van der Waals surface area contributed by atoms with E-state index in [2.05, 4.69) is 29.0 Å². The van der Waals surface area contributed by atoms with Gasteiger partial charge in [0.2, 0.25) is 0 Å². The van der Waals surface area contributed by atoms with Gasteiger partial charge in [0, 0.05) is 19.1 Å². The van der Waals surface area contributed by atoms with E-state index in [1.807, 2.05) is 6.07 Å². The third-order valence-electron chi connectivity index (χ3n) is 3.81. The third-order valence-corrected chi connectivity index (χ3v) is 3.81. The normalized spacial score (nSPS) is 19.6. The summed E-state index contributed by atoms with van der Waals surface area (Å²) in [4.78, 5) is 17.5. The molecule has 1 fully saturated rings. The molecule has 0 amide bonds. The summed E-state index contributed by atoms with van der Waals surface area (Å²) in [5.74, 6) is -0.296. The van der Waals surface area contributed by atoms with E-state index in [0.717, 1.165) is 18.8 Å². The molecule has 1 aliphatic rings. The van der Waals surface area contributed by atoms with Crippen LogP contribution in [0.3, 0.4) is 0 Å². The SMILES string of the molecule is CC(C)N1CCC(CNCc2cccc(C(=O)O)n2)C1. The number of likely N-dealkylation sites (tertiary alicyclic amines) is 1. The Balaban J connectivity index is 1.76. The lowest BCUT2D eigenvalue weighted by molar-refractivity contribution is 0.0690. The molecule has 2 heterocycles. The average Bonchev–Trinajstić information content (AvgIpc) is 2.88. The summed E-state index contributed by atoms with van der Waals surface area (Å²) in [7, 11) is 0. The van der Waals surface area contributed by atoms with Crippen LogP contribution in [0.25, 0.3) is 0 Å². The van der Waals surface area contributed by atoms with Crippen molar-refractivity contribution in [3.8, 4) is 0 Å². The van der Waals surface area contributed by atoms with E-state index in [1.165, 1.54) is 19.0 Å². The van der Waals surface area contributed by atoms with Gasteiger partial charge in [-0.2, -0.15) is 0 Å². The second kappa shape index (κ2) is 6.81. The van der Waals surface area contributed by atoms with Gasteiger partial charge in [-0.15, -0.1) is 0 Å². The van der Waals surface area contributed by atoms with Gasteiger partial charge < -0.3 is 15.3 Å². The first-order chi connectivity index (χ1) is 9.56. The summed E-state index contributed by atoms with van der Waals surface area (Å²) >= 11 is 0. The Morgan fingerprint density at radius 1 is 1.55 bits per heavy atom. The Bertz CT molecular complexity index is 462. The zero-order chi connectivity index (χ0) is 14.5. The number of carboxylic acids is 1. The predicted octanol–water partition coefficient (Wildman–Crippen LogP) is 1.60. The molecule has 1 atom stereocenters. The number of pyridine rings is 1. The Morgan fingerprint density at radius 3 is 3.00 bits per heavy atom. The van der Waals surface area contributed by atoms with Crippen LogP contribution in [0.15, 0.2) is 18.2 Å². The summed E-state index contributed by atoms with van der Waals surface area (Å²) < 4.78 is 0. The van der Waals surface area contributed by atoms with E-state index in [0.29, 0.717) is 18.5 Å². The summed E-state index contributed by atoms with van der Waals surface area (Å²) in [5, 5.41) is 12.3. The van der Waals surface area contributed by atoms with Gasteiger partial charge in [-0.3, -0.25) is 0 Å². The smallest absolute Gasteiger partial charge is 0.354 e. The molecule has 0 saturated carbocycles. The van der Waals surface area contributed by atoms with E-state index in [1.54, 1.807) is 6.07 Å². The van der Waals surface area contributed by atoms with Crippen LogP contribution in [-0.4, -0.2) is 46.6 Å². The van der Waals surface area contributed by atoms with Crippen molar-refractivity contribution in [3.63, 3.8) is 0 Å². The molecule has 2 rings (SSSR count). The average molecular weight is 277 g/mol. The van der Waals surface area contributed by atoms with E-state index in [4.69, 9.17) is 5.11 Å². The lowest BCUT2D eigenvalue weighted by Gasteiger charge is -2.20. The van der Waals surface area contributed by atoms with Gasteiger partial charge in [0.05, 0.1) is 5.69 Å². The predicted molar refractivity (Wildman–Crippen MR) is 77.7 cm³/mol. The van der Waals surface area contributed by atoms with E-state index < -0.39 is 5.97 Å². The molecule has 1 saturated heterocycles. The highest BCUT2D eigenvalue weighted by Gasteiger charge is 2.23. The fraction of sp³-hybridized carbons (Fsp3) is 0.600. The number of carboxylic acid groups (broad SMARTS) is 1. The number of hydrogen-bond acceptors (Lipinski definition) is 4. The van der Waals surface area contributed by atoms with Crippen molar-refractivity contribution in [1.82, 2.24) is 15.2 Å². The number of rotatable bonds is 6. The minimum Gasteiger partial charge on any atom is -0.477 e. The molecule has 2 N–H and O–H groups in total. The Morgan fingerprint density at radius 2 is 2.35 bits per heavy atom. The molecular weight excluding hydrogens is 254 g/mol. The highest BCUT2D eigenvalue weighted by atomic mass is 16.4. The van der Waals surface area contributed by atoms with Crippen molar-refractivity contribution in [3.05, 3.63) is 29.6 Å². The maximum atomic E-state index is 10.8. The summed E-state index contributed by atoms with van der Waals surface area (Å²) in [5.41, 5.74) is 0.889. The van der Waals surface area contributed by atoms with Crippen molar-refractivity contribution in [2.24, 2.45) is 5.92 Å². The lowest BCUT2D eigenvalue weighted by atomic mass is 10.1. The molecule has 1 aromatic heterocycles. The number of carbonyl (C=O) groups is 1. The summed E-state index contributed by atoms with van der Waals surface area (Å²) in [6, 6.07) is 5.73. The number of hydrogen-bond donors (Lipinski definition) is 2. The monoisotopic (exact) mass is 277 g/mol. The van der Waals surface area contributed by atoms with E-state index in [-0.39, 0.29) is 5.69 Å². The Hall–Kier alpha value is -1.46. The molecule has 0 bridgehead atoms. The molecule has 0 radical (unpaired) electrons. The van der Waals surface area contributed by atoms with Crippen molar-refractivity contribution in [1.29, 1.82) is 0 Å². The maximum Gasteiger partial charge on any atom is 0.354 e. The Labute approximate surface area is 120 Å². The largest absolute Gasteiger partial charge is 0.477 e. The van der Waals surface area contributed by atoms with Crippen LogP contribution in [0.4, 0.5) is 0 Å². The zero-order valence-corrected chi connectivity index (χ0v) is 12.2. The second-order valence-electron chi connectivity index (χ2n) is 5.69. The van der Waals surface area contributed by atoms with E-state index in [9.17, 15) is 4.79 Å². The number of aromatic nitrogens is 1. The van der Waals surface area contributed by atoms with Gasteiger partial charge in [-0.05, 0) is 51.4 Å². The van der Waals surface area contributed by atoms with Gasteiger partial charge in [0.25, 0.3) is 0 Å². The molecule has 1 aliphatic heterocycles. The van der Waals surface area contributed by atoms with Crippen LogP contribution in [0.1, 0.15) is 36.5 Å². The molecule has 0 aromatic carbocycles. The maximum absolute atomic E-state index is 10.8. The van der Waals surface area contributed by atoms with Crippen molar-refractivity contribution < 1.29 is 9.90 Å². The number of nitrogens with zero attached hydrogens (tertiary/aromatic N) is 2. The van der Waals surface area contributed by atoms with Crippen molar-refractivity contribution in [2.75, 3.05) is 19.6 Å². The fourth-order valence-electron chi connectivity index (χ4n) is 2.60. The molecule has 1 unspecified atom stereocenters.